The molecule has 4 heterocycles. The first-order valence-electron chi connectivity index (χ1n) is 11.8. The third-order valence-corrected chi connectivity index (χ3v) is 6.72. The van der Waals surface area contributed by atoms with Crippen LogP contribution in [0.4, 0.5) is 20.3 Å². The first-order chi connectivity index (χ1) is 16.5. The van der Waals surface area contributed by atoms with Crippen molar-refractivity contribution >= 4 is 28.4 Å². The smallest absolute Gasteiger partial charge is 0.284 e. The van der Waals surface area contributed by atoms with Gasteiger partial charge in [-0.05, 0) is 49.8 Å². The molecule has 5 rings (SSSR count). The number of halogens is 2. The van der Waals surface area contributed by atoms with E-state index in [1.54, 1.807) is 10.7 Å². The Balaban J connectivity index is 1.43. The van der Waals surface area contributed by atoms with E-state index in [-0.39, 0.29) is 17.3 Å². The molecule has 10 heteroatoms. The van der Waals surface area contributed by atoms with Gasteiger partial charge in [-0.25, -0.2) is 13.8 Å². The second-order valence-electron chi connectivity index (χ2n) is 9.07. The van der Waals surface area contributed by atoms with E-state index >= 15 is 0 Å². The highest BCUT2D eigenvalue weighted by atomic mass is 19.3. The van der Waals surface area contributed by atoms with Gasteiger partial charge in [-0.2, -0.15) is 5.10 Å². The molecule has 1 saturated heterocycles. The molecule has 0 unspecified atom stereocenters. The quantitative estimate of drug-likeness (QED) is 0.587. The van der Waals surface area contributed by atoms with Crippen LogP contribution in [0.15, 0.2) is 30.6 Å². The van der Waals surface area contributed by atoms with Gasteiger partial charge in [-0.1, -0.05) is 6.92 Å². The van der Waals surface area contributed by atoms with Gasteiger partial charge in [0.15, 0.2) is 5.69 Å². The summed E-state index contributed by atoms with van der Waals surface area (Å²) in [5, 5.41) is 6.81. The number of anilines is 2. The van der Waals surface area contributed by atoms with E-state index in [9.17, 15) is 13.6 Å². The molecule has 8 nitrogen and oxygen atoms in total. The van der Waals surface area contributed by atoms with Crippen LogP contribution in [0.3, 0.4) is 0 Å². The van der Waals surface area contributed by atoms with Crippen LogP contribution in [0.25, 0.3) is 11.0 Å². The maximum Gasteiger partial charge on any atom is 0.284 e. The maximum atomic E-state index is 13.8. The van der Waals surface area contributed by atoms with Crippen molar-refractivity contribution in [3.05, 3.63) is 41.9 Å². The topological polar surface area (TPSA) is 85.2 Å². The highest BCUT2D eigenvalue weighted by molar-refractivity contribution is 6.11. The van der Waals surface area contributed by atoms with Gasteiger partial charge in [0.2, 0.25) is 0 Å². The molecule has 1 aliphatic heterocycles. The van der Waals surface area contributed by atoms with Gasteiger partial charge in [0, 0.05) is 25.5 Å². The van der Waals surface area contributed by atoms with E-state index in [2.05, 4.69) is 32.2 Å². The molecule has 0 radical (unpaired) electrons. The second kappa shape index (κ2) is 9.61. The summed E-state index contributed by atoms with van der Waals surface area (Å²) in [6.07, 6.45) is 4.13. The first kappa shape index (κ1) is 22.6. The van der Waals surface area contributed by atoms with Gasteiger partial charge in [0.05, 0.1) is 36.0 Å². The third-order valence-electron chi connectivity index (χ3n) is 6.72. The Bertz CT molecular complexity index is 1170. The molecule has 0 spiro atoms. The van der Waals surface area contributed by atoms with Gasteiger partial charge in [-0.3, -0.25) is 14.5 Å². The number of amides is 1. The number of ether oxygens (including phenoxy) is 1. The minimum absolute atomic E-state index is 0.0351. The fraction of sp³-hybridized carbons (Fsp3) is 0.500. The lowest BCUT2D eigenvalue weighted by Gasteiger charge is -2.28. The molecule has 2 aliphatic rings. The monoisotopic (exact) mass is 470 g/mol. The molecule has 1 aliphatic carbocycles. The molecule has 180 valence electrons. The van der Waals surface area contributed by atoms with Crippen molar-refractivity contribution in [1.82, 2.24) is 19.7 Å². The van der Waals surface area contributed by atoms with E-state index in [1.807, 2.05) is 12.1 Å². The minimum atomic E-state index is -2.79. The molecule has 2 fully saturated rings. The minimum Gasteiger partial charge on any atom is -0.378 e. The number of aromatic nitrogens is 4. The molecule has 0 atom stereocenters. The van der Waals surface area contributed by atoms with Crippen molar-refractivity contribution in [2.45, 2.75) is 45.1 Å². The van der Waals surface area contributed by atoms with Gasteiger partial charge in [0.25, 0.3) is 12.3 Å². The number of rotatable bonds is 5. The standard InChI is InChI=1S/C24H28F2N6O2/c1-15-2-4-16(5-3-15)32-14-19(22(30-32)23(25)26)28-24(33)17-8-9-27-18-6-7-20(29-21(17)18)31-10-12-34-13-11-31/h6-9,14-16,23H,2-5,10-13H2,1H3,(H,28,33)/t15-,16-. The zero-order valence-corrected chi connectivity index (χ0v) is 19.1. The van der Waals surface area contributed by atoms with Crippen LogP contribution in [-0.2, 0) is 4.74 Å². The summed E-state index contributed by atoms with van der Waals surface area (Å²) >= 11 is 0. The van der Waals surface area contributed by atoms with Crippen LogP contribution in [-0.4, -0.2) is 52.0 Å². The van der Waals surface area contributed by atoms with E-state index in [1.165, 1.54) is 12.4 Å². The predicted octanol–water partition coefficient (Wildman–Crippen LogP) is 4.60. The zero-order valence-electron chi connectivity index (χ0n) is 19.1. The lowest BCUT2D eigenvalue weighted by molar-refractivity contribution is 0.102. The summed E-state index contributed by atoms with van der Waals surface area (Å²) in [5.41, 5.74) is 0.891. The van der Waals surface area contributed by atoms with Gasteiger partial charge in [0.1, 0.15) is 11.3 Å². The summed E-state index contributed by atoms with van der Waals surface area (Å²) in [6, 6.07) is 5.31. The van der Waals surface area contributed by atoms with Crippen LogP contribution in [0.2, 0.25) is 0 Å². The Morgan fingerprint density at radius 1 is 1.15 bits per heavy atom. The predicted molar refractivity (Wildman–Crippen MR) is 124 cm³/mol. The van der Waals surface area contributed by atoms with E-state index < -0.39 is 18.0 Å². The Morgan fingerprint density at radius 2 is 1.91 bits per heavy atom. The summed E-state index contributed by atoms with van der Waals surface area (Å²) < 4.78 is 34.5. The number of carbonyl (C=O) groups is 1. The van der Waals surface area contributed by atoms with E-state index in [4.69, 9.17) is 4.74 Å². The average molecular weight is 471 g/mol. The van der Waals surface area contributed by atoms with Crippen molar-refractivity contribution in [2.24, 2.45) is 5.92 Å². The number of hydrogen-bond donors (Lipinski definition) is 1. The summed E-state index contributed by atoms with van der Waals surface area (Å²) in [7, 11) is 0. The lowest BCUT2D eigenvalue weighted by Crippen LogP contribution is -2.36. The normalized spacial score (nSPS) is 21.2. The number of alkyl halides is 2. The van der Waals surface area contributed by atoms with Crippen molar-refractivity contribution in [1.29, 1.82) is 0 Å². The van der Waals surface area contributed by atoms with Crippen molar-refractivity contribution in [3.8, 4) is 0 Å². The molecule has 3 aromatic heterocycles. The number of nitrogens with zero attached hydrogens (tertiary/aromatic N) is 5. The van der Waals surface area contributed by atoms with Crippen LogP contribution in [0, 0.1) is 5.92 Å². The summed E-state index contributed by atoms with van der Waals surface area (Å²) in [5.74, 6) is 0.846. The van der Waals surface area contributed by atoms with E-state index in [0.29, 0.717) is 43.3 Å². The molecule has 0 aromatic carbocycles. The number of pyridine rings is 2. The molecular formula is C24H28F2N6O2. The highest BCUT2D eigenvalue weighted by Crippen LogP contribution is 2.34. The summed E-state index contributed by atoms with van der Waals surface area (Å²) in [6.45, 7) is 4.84. The molecule has 1 amide bonds. The fourth-order valence-electron chi connectivity index (χ4n) is 4.71. The molecule has 34 heavy (non-hydrogen) atoms. The Kier molecular flexibility index (Phi) is 6.40. The van der Waals surface area contributed by atoms with Crippen molar-refractivity contribution < 1.29 is 18.3 Å². The molecule has 1 saturated carbocycles. The number of morpholine rings is 1. The van der Waals surface area contributed by atoms with Gasteiger partial charge in [-0.15, -0.1) is 0 Å². The Labute approximate surface area is 196 Å². The fourth-order valence-corrected chi connectivity index (χ4v) is 4.71. The second-order valence-corrected chi connectivity index (χ2v) is 9.07. The average Bonchev–Trinajstić information content (AvgIpc) is 3.28. The Hall–Kier alpha value is -3.14. The SMILES string of the molecule is C[C@H]1CC[C@H](n2cc(NC(=O)c3ccnc4ccc(N5CCOCC5)nc34)c(C(F)F)n2)CC1. The zero-order chi connectivity index (χ0) is 23.7. The van der Waals surface area contributed by atoms with Crippen LogP contribution < -0.4 is 10.2 Å². The molecular weight excluding hydrogens is 442 g/mol. The Morgan fingerprint density at radius 3 is 2.65 bits per heavy atom. The number of nitrogens with one attached hydrogen (secondary N) is 1. The molecule has 1 N–H and O–H groups in total. The highest BCUT2D eigenvalue weighted by Gasteiger charge is 2.26. The van der Waals surface area contributed by atoms with Crippen LogP contribution in [0.1, 0.15) is 61.1 Å². The molecule has 3 aromatic rings. The van der Waals surface area contributed by atoms with Crippen LogP contribution >= 0.6 is 0 Å². The van der Waals surface area contributed by atoms with Gasteiger partial charge < -0.3 is 15.0 Å². The number of hydrogen-bond acceptors (Lipinski definition) is 6. The van der Waals surface area contributed by atoms with E-state index in [0.717, 1.165) is 31.5 Å². The lowest BCUT2D eigenvalue weighted by atomic mass is 9.87. The number of fused-ring (bicyclic) bond motifs is 1. The van der Waals surface area contributed by atoms with Crippen LogP contribution in [0.5, 0.6) is 0 Å². The largest absolute Gasteiger partial charge is 0.378 e. The van der Waals surface area contributed by atoms with Gasteiger partial charge >= 0.3 is 0 Å². The molecule has 0 bridgehead atoms. The summed E-state index contributed by atoms with van der Waals surface area (Å²) in [4.78, 5) is 24.3. The maximum absolute atomic E-state index is 13.8. The first-order valence-corrected chi connectivity index (χ1v) is 11.8. The van der Waals surface area contributed by atoms with Crippen molar-refractivity contribution in [3.63, 3.8) is 0 Å². The number of carbonyl (C=O) groups excluding carboxylic acids is 1. The third kappa shape index (κ3) is 4.59. The van der Waals surface area contributed by atoms with Crippen molar-refractivity contribution in [2.75, 3.05) is 36.5 Å².